The van der Waals surface area contributed by atoms with Gasteiger partial charge in [-0.05, 0) is 79.4 Å². The normalized spacial score (nSPS) is 32.4. The minimum absolute atomic E-state index is 0.0410. The Bertz CT molecular complexity index is 1590. The number of phenolic OH excluding ortho intramolecular Hbond substituents is 1. The maximum absolute atomic E-state index is 13.5. The van der Waals surface area contributed by atoms with E-state index >= 15 is 0 Å². The number of aliphatic hydroxyl groups excluding tert-OH is 1. The van der Waals surface area contributed by atoms with Crippen molar-refractivity contribution in [2.75, 3.05) is 13.7 Å². The van der Waals surface area contributed by atoms with Crippen molar-refractivity contribution >= 4 is 35.1 Å². The van der Waals surface area contributed by atoms with Crippen LogP contribution in [0.5, 0.6) is 5.75 Å². The van der Waals surface area contributed by atoms with Gasteiger partial charge in [0.1, 0.15) is 11.6 Å². The predicted molar refractivity (Wildman–Crippen MR) is 171 cm³/mol. The van der Waals surface area contributed by atoms with Gasteiger partial charge in [-0.2, -0.15) is 0 Å². The molecular weight excluding hydrogens is 640 g/mol. The second-order valence-electron chi connectivity index (χ2n) is 14.5. The molecule has 1 aromatic carbocycles. The maximum atomic E-state index is 13.5. The second kappa shape index (κ2) is 13.6. The van der Waals surface area contributed by atoms with Gasteiger partial charge >= 0.3 is 17.6 Å². The summed E-state index contributed by atoms with van der Waals surface area (Å²) in [6, 6.07) is 2.28. The van der Waals surface area contributed by atoms with Gasteiger partial charge in [-0.25, -0.2) is 4.79 Å². The van der Waals surface area contributed by atoms with E-state index in [1.165, 1.54) is 6.07 Å². The number of esters is 2. The predicted octanol–water partition coefficient (Wildman–Crippen LogP) is 2.63. The molecule has 4 aliphatic carbocycles. The van der Waals surface area contributed by atoms with Crippen molar-refractivity contribution in [3.05, 3.63) is 45.5 Å². The average Bonchev–Trinajstić information content (AvgIpc) is 3.33. The molecule has 0 aromatic heterocycles. The zero-order valence-corrected chi connectivity index (χ0v) is 27.9. The van der Waals surface area contributed by atoms with Gasteiger partial charge in [-0.15, -0.1) is 0 Å². The molecule has 8 atom stereocenters. The van der Waals surface area contributed by atoms with Crippen LogP contribution in [0.4, 0.5) is 5.69 Å². The Hall–Kier alpha value is -4.17. The highest BCUT2D eigenvalue weighted by atomic mass is 16.6. The Morgan fingerprint density at radius 3 is 2.55 bits per heavy atom. The van der Waals surface area contributed by atoms with Crippen LogP contribution >= 0.6 is 0 Å². The zero-order chi connectivity index (χ0) is 35.9. The Morgan fingerprint density at radius 1 is 1.12 bits per heavy atom. The van der Waals surface area contributed by atoms with E-state index in [9.17, 15) is 49.4 Å². The quantitative estimate of drug-likeness (QED) is 0.150. The second-order valence-corrected chi connectivity index (χ2v) is 14.5. The number of carbonyl (C=O) groups is 5. The fourth-order valence-electron chi connectivity index (χ4n) is 9.38. The molecular formula is C35H44N2O12. The molecule has 1 amide bonds. The molecule has 0 unspecified atom stereocenters. The van der Waals surface area contributed by atoms with Crippen LogP contribution in [0.15, 0.2) is 29.8 Å². The van der Waals surface area contributed by atoms with Crippen molar-refractivity contribution in [3.63, 3.8) is 0 Å². The van der Waals surface area contributed by atoms with Gasteiger partial charge in [0.15, 0.2) is 18.1 Å². The molecule has 0 heterocycles. The van der Waals surface area contributed by atoms with Gasteiger partial charge in [-0.3, -0.25) is 29.3 Å². The molecule has 0 spiro atoms. The van der Waals surface area contributed by atoms with E-state index in [1.807, 2.05) is 6.92 Å². The Morgan fingerprint density at radius 2 is 1.86 bits per heavy atom. The molecule has 14 heteroatoms. The van der Waals surface area contributed by atoms with Crippen LogP contribution in [-0.4, -0.2) is 81.1 Å². The van der Waals surface area contributed by atoms with E-state index in [0.717, 1.165) is 37.7 Å². The number of benzene rings is 1. The number of aliphatic hydroxyl groups is 2. The van der Waals surface area contributed by atoms with E-state index in [4.69, 9.17) is 9.47 Å². The summed E-state index contributed by atoms with van der Waals surface area (Å²) < 4.78 is 9.92. The first-order valence-electron chi connectivity index (χ1n) is 16.7. The van der Waals surface area contributed by atoms with E-state index in [-0.39, 0.29) is 53.8 Å². The number of amides is 1. The number of fused-ring (bicyclic) bond motifs is 5. The first-order chi connectivity index (χ1) is 23.0. The fourth-order valence-corrected chi connectivity index (χ4v) is 9.38. The number of Topliss-reactive ketones (excluding diaryl/α,β-unsaturated/α-hetero) is 1. The van der Waals surface area contributed by atoms with Gasteiger partial charge in [0, 0.05) is 30.7 Å². The number of allylic oxidation sites excluding steroid dienone is 1. The first kappa shape index (κ1) is 36.1. The van der Waals surface area contributed by atoms with Gasteiger partial charge < -0.3 is 30.1 Å². The van der Waals surface area contributed by atoms with Gasteiger partial charge in [0.05, 0.1) is 24.6 Å². The molecule has 4 aliphatic rings. The Kier molecular flexibility index (Phi) is 10.0. The summed E-state index contributed by atoms with van der Waals surface area (Å²) >= 11 is 0. The number of nitro benzene ring substituents is 1. The number of hydrogen-bond donors (Lipinski definition) is 4. The smallest absolute Gasteiger partial charge is 0.328 e. The third-order valence-corrected chi connectivity index (χ3v) is 11.9. The van der Waals surface area contributed by atoms with Crippen molar-refractivity contribution in [1.82, 2.24) is 5.32 Å². The lowest BCUT2D eigenvalue weighted by Crippen LogP contribution is -2.62. The number of nitrogens with one attached hydrogen (secondary N) is 1. The molecule has 266 valence electrons. The number of phenols is 1. The van der Waals surface area contributed by atoms with Crippen molar-refractivity contribution in [3.8, 4) is 5.75 Å². The lowest BCUT2D eigenvalue weighted by molar-refractivity contribution is -0.385. The van der Waals surface area contributed by atoms with Crippen LogP contribution in [0, 0.1) is 38.7 Å². The SMILES string of the molecule is COC(=O)[C@H](Cc1ccc(O)c([N+](=O)[O-])c1)NC(=O)CCC(=O)OCC(=O)[C@@]1(O)CC[C@H]2[C@@H]3CCC4=CC(=O)CC[C@]4(C)[C@H]3[C@@H](O)C[C@@]21C. The van der Waals surface area contributed by atoms with Gasteiger partial charge in [-0.1, -0.05) is 25.5 Å². The van der Waals surface area contributed by atoms with E-state index < -0.39 is 82.6 Å². The highest BCUT2D eigenvalue weighted by molar-refractivity contribution is 5.92. The van der Waals surface area contributed by atoms with E-state index in [2.05, 4.69) is 12.2 Å². The topological polar surface area (TPSA) is 220 Å². The van der Waals surface area contributed by atoms with Crippen molar-refractivity contribution in [2.45, 2.75) is 95.8 Å². The molecule has 4 N–H and O–H groups in total. The van der Waals surface area contributed by atoms with Crippen LogP contribution < -0.4 is 5.32 Å². The summed E-state index contributed by atoms with van der Waals surface area (Å²) in [5.74, 6) is -3.60. The standard InChI is InChI=1S/C35H44N2O12/c1-33-12-10-21(38)16-20(33)5-6-22-23-11-13-35(45,34(23,2)17-27(40)31(22)33)28(41)18-49-30(43)9-8-29(42)36-24(32(44)48-3)14-19-4-7-26(39)25(15-19)37(46)47/h4,7,15-16,22-24,27,31,39-40,45H,5-6,8-14,17-18H2,1-3H3,(H,36,42)/t22-,23-,24-,27-,31+,33-,34-,35-/m0/s1. The number of aromatic hydroxyl groups is 1. The summed E-state index contributed by atoms with van der Waals surface area (Å²) in [5, 5.41) is 46.7. The van der Waals surface area contributed by atoms with Crippen LogP contribution in [0.25, 0.3) is 0 Å². The summed E-state index contributed by atoms with van der Waals surface area (Å²) in [4.78, 5) is 73.6. The molecule has 1 aromatic rings. The summed E-state index contributed by atoms with van der Waals surface area (Å²) in [7, 11) is 1.10. The molecule has 3 saturated carbocycles. The first-order valence-corrected chi connectivity index (χ1v) is 16.7. The summed E-state index contributed by atoms with van der Waals surface area (Å²) in [6.07, 6.45) is 3.47. The summed E-state index contributed by atoms with van der Waals surface area (Å²) in [5.41, 5.74) is -2.30. The third kappa shape index (κ3) is 6.60. The van der Waals surface area contributed by atoms with Gasteiger partial charge in [0.2, 0.25) is 11.7 Å². The van der Waals surface area contributed by atoms with Crippen LogP contribution in [0.1, 0.15) is 77.2 Å². The third-order valence-electron chi connectivity index (χ3n) is 11.9. The van der Waals surface area contributed by atoms with Crippen LogP contribution in [-0.2, 0) is 39.9 Å². The number of ketones is 2. The fraction of sp³-hybridized carbons (Fsp3) is 0.629. The maximum Gasteiger partial charge on any atom is 0.328 e. The minimum Gasteiger partial charge on any atom is -0.502 e. The highest BCUT2D eigenvalue weighted by Gasteiger charge is 2.68. The number of carbonyl (C=O) groups excluding carboxylic acids is 5. The Labute approximate surface area is 283 Å². The number of rotatable bonds is 11. The van der Waals surface area contributed by atoms with E-state index in [1.54, 1.807) is 6.08 Å². The number of nitro groups is 1. The molecule has 0 bridgehead atoms. The number of methoxy groups -OCH3 is 1. The molecule has 5 rings (SSSR count). The molecule has 0 aliphatic heterocycles. The lowest BCUT2D eigenvalue weighted by Gasteiger charge is -2.60. The lowest BCUT2D eigenvalue weighted by atomic mass is 9.45. The van der Waals surface area contributed by atoms with Crippen molar-refractivity contribution < 1.29 is 53.7 Å². The number of nitrogens with zero attached hydrogens (tertiary/aromatic N) is 1. The Balaban J connectivity index is 1.16. The number of ether oxygens (including phenoxy) is 2. The number of hydrogen-bond acceptors (Lipinski definition) is 12. The van der Waals surface area contributed by atoms with E-state index in [0.29, 0.717) is 19.3 Å². The average molecular weight is 685 g/mol. The van der Waals surface area contributed by atoms with Gasteiger partial charge in [0.25, 0.3) is 0 Å². The van der Waals surface area contributed by atoms with Crippen LogP contribution in [0.3, 0.4) is 0 Å². The molecule has 0 radical (unpaired) electrons. The van der Waals surface area contributed by atoms with Crippen LogP contribution in [0.2, 0.25) is 0 Å². The van der Waals surface area contributed by atoms with Crippen molar-refractivity contribution in [2.24, 2.45) is 28.6 Å². The monoisotopic (exact) mass is 684 g/mol. The molecule has 49 heavy (non-hydrogen) atoms. The summed E-state index contributed by atoms with van der Waals surface area (Å²) in [6.45, 7) is 3.25. The zero-order valence-electron chi connectivity index (χ0n) is 27.9. The molecule has 14 nitrogen and oxygen atoms in total. The minimum atomic E-state index is -1.82. The highest BCUT2D eigenvalue weighted by Crippen LogP contribution is 2.67. The molecule has 0 saturated heterocycles. The van der Waals surface area contributed by atoms with Crippen molar-refractivity contribution in [1.29, 1.82) is 0 Å². The largest absolute Gasteiger partial charge is 0.502 e. The molecule has 3 fully saturated rings.